The highest BCUT2D eigenvalue weighted by Crippen LogP contribution is 2.25. The molecule has 23 heavy (non-hydrogen) atoms. The minimum atomic E-state index is -2.70. The van der Waals surface area contributed by atoms with Crippen molar-refractivity contribution in [2.75, 3.05) is 5.32 Å². The number of anilines is 1. The van der Waals surface area contributed by atoms with Gasteiger partial charge >= 0.3 is 0 Å². The van der Waals surface area contributed by atoms with Crippen LogP contribution in [0, 0.1) is 0 Å². The van der Waals surface area contributed by atoms with E-state index in [0.717, 1.165) is 24.0 Å². The zero-order valence-electron chi connectivity index (χ0n) is 12.7. The van der Waals surface area contributed by atoms with Gasteiger partial charge in [0, 0.05) is 17.8 Å². The smallest absolute Gasteiger partial charge is 0.297 e. The van der Waals surface area contributed by atoms with Gasteiger partial charge in [0.05, 0.1) is 11.8 Å². The molecule has 3 rings (SSSR count). The molecule has 1 aromatic carbocycles. The summed E-state index contributed by atoms with van der Waals surface area (Å²) in [5.74, 6) is 0.891. The van der Waals surface area contributed by atoms with Crippen LogP contribution < -0.4 is 5.32 Å². The van der Waals surface area contributed by atoms with E-state index in [9.17, 15) is 8.78 Å². The number of hydrogen-bond acceptors (Lipinski definition) is 4. The summed E-state index contributed by atoms with van der Waals surface area (Å²) in [5.41, 5.74) is 0.513. The van der Waals surface area contributed by atoms with Crippen LogP contribution >= 0.6 is 0 Å². The Morgan fingerprint density at radius 1 is 1.13 bits per heavy atom. The summed E-state index contributed by atoms with van der Waals surface area (Å²) in [6.45, 7) is 1.99. The van der Waals surface area contributed by atoms with Gasteiger partial charge in [-0.05, 0) is 37.6 Å². The molecule has 4 nitrogen and oxygen atoms in total. The van der Waals surface area contributed by atoms with Gasteiger partial charge in [0.2, 0.25) is 0 Å². The topological polar surface area (TPSA) is 51.0 Å². The Morgan fingerprint density at radius 2 is 1.96 bits per heavy atom. The second kappa shape index (κ2) is 6.73. The molecular formula is C17H17F2N3O. The Labute approximate surface area is 132 Å². The molecule has 0 radical (unpaired) electrons. The van der Waals surface area contributed by atoms with Gasteiger partial charge in [-0.15, -0.1) is 0 Å². The quantitative estimate of drug-likeness (QED) is 0.722. The van der Waals surface area contributed by atoms with E-state index in [-0.39, 0.29) is 6.04 Å². The van der Waals surface area contributed by atoms with Gasteiger partial charge in [0.1, 0.15) is 11.6 Å². The van der Waals surface area contributed by atoms with E-state index in [4.69, 9.17) is 4.42 Å². The summed E-state index contributed by atoms with van der Waals surface area (Å²) in [7, 11) is 0. The van der Waals surface area contributed by atoms with Crippen molar-refractivity contribution in [2.24, 2.45) is 0 Å². The van der Waals surface area contributed by atoms with Crippen molar-refractivity contribution in [3.63, 3.8) is 0 Å². The van der Waals surface area contributed by atoms with Gasteiger partial charge in [-0.2, -0.15) is 0 Å². The van der Waals surface area contributed by atoms with Gasteiger partial charge in [-0.1, -0.05) is 12.1 Å². The molecule has 1 atom stereocenters. The molecule has 2 heterocycles. The lowest BCUT2D eigenvalue weighted by molar-refractivity contribution is 0.141. The number of para-hydroxylation sites is 1. The first kappa shape index (κ1) is 15.4. The van der Waals surface area contributed by atoms with Crippen LogP contribution in [0.3, 0.4) is 0 Å². The van der Waals surface area contributed by atoms with E-state index in [1.165, 1.54) is 0 Å². The lowest BCUT2D eigenvalue weighted by Gasteiger charge is -2.16. The third-order valence-electron chi connectivity index (χ3n) is 3.60. The van der Waals surface area contributed by atoms with Gasteiger partial charge in [0.15, 0.2) is 5.82 Å². The molecule has 0 saturated carbocycles. The van der Waals surface area contributed by atoms with Crippen molar-refractivity contribution in [2.45, 2.75) is 32.2 Å². The number of hydrogen-bond donors (Lipinski definition) is 1. The number of halogens is 2. The molecule has 0 saturated heterocycles. The number of fused-ring (bicyclic) bond motifs is 1. The molecular weight excluding hydrogens is 300 g/mol. The highest BCUT2D eigenvalue weighted by Gasteiger charge is 2.16. The minimum Gasteiger partial charge on any atom is -0.469 e. The average Bonchev–Trinajstić information content (AvgIpc) is 3.06. The number of nitrogens with zero attached hydrogens (tertiary/aromatic N) is 2. The van der Waals surface area contributed by atoms with Crippen LogP contribution in [0.1, 0.15) is 31.4 Å². The molecule has 0 aliphatic heterocycles. The largest absolute Gasteiger partial charge is 0.469 e. The second-order valence-electron chi connectivity index (χ2n) is 5.41. The van der Waals surface area contributed by atoms with Crippen molar-refractivity contribution in [1.82, 2.24) is 9.97 Å². The molecule has 0 amide bonds. The van der Waals surface area contributed by atoms with Gasteiger partial charge in [0.25, 0.3) is 6.43 Å². The molecule has 2 aromatic heterocycles. The van der Waals surface area contributed by atoms with E-state index in [1.54, 1.807) is 18.4 Å². The summed E-state index contributed by atoms with van der Waals surface area (Å²) in [5, 5.41) is 3.95. The molecule has 6 heteroatoms. The third kappa shape index (κ3) is 3.64. The first-order valence-corrected chi connectivity index (χ1v) is 7.47. The summed E-state index contributed by atoms with van der Waals surface area (Å²) in [6.07, 6.45) is 0.515. The Hall–Kier alpha value is -2.50. The lowest BCUT2D eigenvalue weighted by atomic mass is 10.1. The fraction of sp³-hybridized carbons (Fsp3) is 0.294. The molecule has 3 aromatic rings. The molecule has 1 N–H and O–H groups in total. The molecule has 0 fully saturated rings. The number of alkyl halides is 2. The summed E-state index contributed by atoms with van der Waals surface area (Å²) in [4.78, 5) is 7.90. The molecule has 0 aliphatic carbocycles. The molecule has 120 valence electrons. The maximum atomic E-state index is 13.0. The predicted molar refractivity (Wildman–Crippen MR) is 84.6 cm³/mol. The van der Waals surface area contributed by atoms with Gasteiger partial charge < -0.3 is 9.73 Å². The maximum Gasteiger partial charge on any atom is 0.297 e. The Kier molecular flexibility index (Phi) is 4.50. The van der Waals surface area contributed by atoms with Gasteiger partial charge in [-0.3, -0.25) is 0 Å². The number of benzene rings is 1. The van der Waals surface area contributed by atoms with E-state index < -0.39 is 12.2 Å². The second-order valence-corrected chi connectivity index (χ2v) is 5.41. The van der Waals surface area contributed by atoms with Gasteiger partial charge in [-0.25, -0.2) is 18.7 Å². The van der Waals surface area contributed by atoms with Crippen LogP contribution in [0.15, 0.2) is 47.1 Å². The standard InChI is InChI=1S/C17H17F2N3O/c1-11(8-9-12-5-4-10-23-12)20-16-13-6-2-3-7-14(13)21-17(22-16)15(18)19/h2-7,10-11,15H,8-9H2,1H3,(H,20,21,22). The Morgan fingerprint density at radius 3 is 2.70 bits per heavy atom. The van der Waals surface area contributed by atoms with Crippen molar-refractivity contribution in [3.8, 4) is 0 Å². The minimum absolute atomic E-state index is 0.0592. The molecule has 0 bridgehead atoms. The number of aromatic nitrogens is 2. The van der Waals surface area contributed by atoms with Crippen LogP contribution in [-0.4, -0.2) is 16.0 Å². The summed E-state index contributed by atoms with van der Waals surface area (Å²) < 4.78 is 31.3. The van der Waals surface area contributed by atoms with Crippen LogP contribution in [-0.2, 0) is 6.42 Å². The predicted octanol–water partition coefficient (Wildman–Crippen LogP) is 4.59. The van der Waals surface area contributed by atoms with Crippen molar-refractivity contribution >= 4 is 16.7 Å². The monoisotopic (exact) mass is 317 g/mol. The highest BCUT2D eigenvalue weighted by molar-refractivity contribution is 5.89. The first-order chi connectivity index (χ1) is 11.1. The van der Waals surface area contributed by atoms with Crippen LogP contribution in [0.25, 0.3) is 10.9 Å². The van der Waals surface area contributed by atoms with Crippen molar-refractivity contribution in [3.05, 3.63) is 54.2 Å². The number of rotatable bonds is 6. The number of furan rings is 1. The normalized spacial score (nSPS) is 12.7. The van der Waals surface area contributed by atoms with Crippen molar-refractivity contribution in [1.29, 1.82) is 0 Å². The molecule has 0 spiro atoms. The highest BCUT2D eigenvalue weighted by atomic mass is 19.3. The van der Waals surface area contributed by atoms with E-state index in [1.807, 2.05) is 31.2 Å². The molecule has 1 unspecified atom stereocenters. The van der Waals surface area contributed by atoms with Crippen molar-refractivity contribution < 1.29 is 13.2 Å². The fourth-order valence-corrected chi connectivity index (χ4v) is 2.42. The summed E-state index contributed by atoms with van der Waals surface area (Å²) in [6, 6.07) is 11.0. The zero-order valence-corrected chi connectivity index (χ0v) is 12.7. The zero-order chi connectivity index (χ0) is 16.2. The Bertz CT molecular complexity index is 775. The van der Waals surface area contributed by atoms with E-state index in [2.05, 4.69) is 15.3 Å². The SMILES string of the molecule is CC(CCc1ccco1)Nc1nc(C(F)F)nc2ccccc12. The average molecular weight is 317 g/mol. The van der Waals surface area contributed by atoms with E-state index in [0.29, 0.717) is 11.3 Å². The Balaban J connectivity index is 1.80. The first-order valence-electron chi connectivity index (χ1n) is 7.47. The van der Waals surface area contributed by atoms with Crippen LogP contribution in [0.5, 0.6) is 0 Å². The molecule has 0 aliphatic rings. The third-order valence-corrected chi connectivity index (χ3v) is 3.60. The van der Waals surface area contributed by atoms with Crippen LogP contribution in [0.2, 0.25) is 0 Å². The van der Waals surface area contributed by atoms with E-state index >= 15 is 0 Å². The summed E-state index contributed by atoms with van der Waals surface area (Å²) >= 11 is 0. The number of aryl methyl sites for hydroxylation is 1. The number of nitrogens with one attached hydrogen (secondary N) is 1. The van der Waals surface area contributed by atoms with Crippen LogP contribution in [0.4, 0.5) is 14.6 Å². The fourth-order valence-electron chi connectivity index (χ4n) is 2.42. The lowest BCUT2D eigenvalue weighted by Crippen LogP contribution is -2.18. The maximum absolute atomic E-state index is 13.0.